The Balaban J connectivity index is 3.52. The van der Waals surface area contributed by atoms with E-state index in [4.69, 9.17) is 10.5 Å². The second kappa shape index (κ2) is 20.2. The van der Waals surface area contributed by atoms with Gasteiger partial charge in [-0.05, 0) is 32.1 Å². The van der Waals surface area contributed by atoms with Gasteiger partial charge in [-0.2, -0.15) is 0 Å². The lowest BCUT2D eigenvalue weighted by molar-refractivity contribution is -0.147. The Morgan fingerprint density at radius 1 is 0.967 bits per heavy atom. The number of esters is 1. The third kappa shape index (κ3) is 20.5. The van der Waals surface area contributed by atoms with Gasteiger partial charge in [0.1, 0.15) is 12.7 Å². The highest BCUT2D eigenvalue weighted by molar-refractivity contribution is 7.47. The fraction of sp³-hybridized carbons (Fsp3) is 0.857. The lowest BCUT2D eigenvalue weighted by Crippen LogP contribution is -2.23. The van der Waals surface area contributed by atoms with Crippen LogP contribution in [-0.4, -0.2) is 48.4 Å². The van der Waals surface area contributed by atoms with Gasteiger partial charge < -0.3 is 20.5 Å². The minimum atomic E-state index is -4.24. The van der Waals surface area contributed by atoms with Crippen LogP contribution in [0.3, 0.4) is 0 Å². The van der Waals surface area contributed by atoms with Gasteiger partial charge in [-0.3, -0.25) is 13.8 Å². The Kier molecular flexibility index (Phi) is 19.6. The molecule has 0 aliphatic carbocycles. The van der Waals surface area contributed by atoms with Crippen LogP contribution >= 0.6 is 7.82 Å². The van der Waals surface area contributed by atoms with Crippen LogP contribution in [0.5, 0.6) is 0 Å². The molecule has 1 unspecified atom stereocenters. The maximum atomic E-state index is 11.7. The molecule has 0 aliphatic heterocycles. The monoisotopic (exact) mass is 451 g/mol. The number of rotatable bonds is 21. The van der Waals surface area contributed by atoms with Crippen molar-refractivity contribution in [3.63, 3.8) is 0 Å². The molecule has 0 radical (unpaired) electrons. The fourth-order valence-electron chi connectivity index (χ4n) is 2.68. The van der Waals surface area contributed by atoms with Crippen molar-refractivity contribution in [1.82, 2.24) is 0 Å². The molecule has 0 rings (SSSR count). The number of carbonyl (C=O) groups excluding carboxylic acids is 1. The van der Waals surface area contributed by atoms with Crippen molar-refractivity contribution in [2.75, 3.05) is 26.4 Å². The summed E-state index contributed by atoms with van der Waals surface area (Å²) in [5, 5.41) is 9.65. The topological polar surface area (TPSA) is 128 Å². The molecule has 0 aliphatic rings. The molecule has 178 valence electrons. The summed E-state index contributed by atoms with van der Waals surface area (Å²) < 4.78 is 25.5. The number of phosphoric ester groups is 1. The predicted octanol–water partition coefficient (Wildman–Crippen LogP) is 4.24. The fourth-order valence-corrected chi connectivity index (χ4v) is 3.45. The van der Waals surface area contributed by atoms with Crippen molar-refractivity contribution in [2.45, 2.75) is 90.1 Å². The lowest BCUT2D eigenvalue weighted by atomic mass is 10.1. The van der Waals surface area contributed by atoms with Gasteiger partial charge in [-0.1, -0.05) is 57.6 Å². The number of phosphoric acid groups is 1. The van der Waals surface area contributed by atoms with Crippen LogP contribution in [0.15, 0.2) is 12.2 Å². The minimum Gasteiger partial charge on any atom is -0.463 e. The van der Waals surface area contributed by atoms with E-state index in [0.717, 1.165) is 32.1 Å². The highest BCUT2D eigenvalue weighted by Gasteiger charge is 2.22. The van der Waals surface area contributed by atoms with Crippen LogP contribution in [0.4, 0.5) is 0 Å². The smallest absolute Gasteiger partial charge is 0.463 e. The van der Waals surface area contributed by atoms with E-state index in [1.807, 2.05) is 0 Å². The first-order valence-corrected chi connectivity index (χ1v) is 12.7. The van der Waals surface area contributed by atoms with E-state index in [9.17, 15) is 19.4 Å². The van der Waals surface area contributed by atoms with Gasteiger partial charge in [0.05, 0.1) is 13.2 Å². The first-order valence-electron chi connectivity index (χ1n) is 11.2. The Morgan fingerprint density at radius 2 is 1.57 bits per heavy atom. The first kappa shape index (κ1) is 29.2. The summed E-state index contributed by atoms with van der Waals surface area (Å²) in [4.78, 5) is 21.0. The zero-order chi connectivity index (χ0) is 22.5. The molecule has 0 heterocycles. The highest BCUT2D eigenvalue weighted by atomic mass is 31.2. The van der Waals surface area contributed by atoms with Crippen LogP contribution in [0.2, 0.25) is 0 Å². The number of ether oxygens (including phenoxy) is 1. The minimum absolute atomic E-state index is 0.0737. The standard InChI is InChI=1S/C21H42NO7P/c1-2-3-4-5-6-7-8-9-10-11-12-13-14-15-21(24)27-18-20(23)19-29-30(25,26)28-17-16-22/h7-8,20,23H,2-6,9-19,22H2,1H3,(H,25,26)/b8-7-/t20-/m1/s1. The summed E-state index contributed by atoms with van der Waals surface area (Å²) in [6.45, 7) is 1.40. The van der Waals surface area contributed by atoms with Gasteiger partial charge in [0.25, 0.3) is 0 Å². The van der Waals surface area contributed by atoms with Crippen molar-refractivity contribution in [2.24, 2.45) is 5.73 Å². The van der Waals surface area contributed by atoms with Crippen LogP contribution in [0.1, 0.15) is 84.0 Å². The van der Waals surface area contributed by atoms with Crippen molar-refractivity contribution in [3.05, 3.63) is 12.2 Å². The Morgan fingerprint density at radius 3 is 2.20 bits per heavy atom. The molecular weight excluding hydrogens is 409 g/mol. The van der Waals surface area contributed by atoms with Crippen molar-refractivity contribution < 1.29 is 33.1 Å². The summed E-state index contributed by atoms with van der Waals surface area (Å²) in [5.74, 6) is -0.397. The summed E-state index contributed by atoms with van der Waals surface area (Å²) in [7, 11) is -4.24. The van der Waals surface area contributed by atoms with Gasteiger partial charge in [0, 0.05) is 13.0 Å². The lowest BCUT2D eigenvalue weighted by Gasteiger charge is -2.15. The molecule has 4 N–H and O–H groups in total. The van der Waals surface area contributed by atoms with E-state index in [-0.39, 0.29) is 19.8 Å². The van der Waals surface area contributed by atoms with E-state index in [1.165, 1.54) is 38.5 Å². The average molecular weight is 452 g/mol. The van der Waals surface area contributed by atoms with Gasteiger partial charge in [-0.15, -0.1) is 0 Å². The molecular formula is C21H42NO7P. The Hall–Kier alpha value is -0.760. The molecule has 0 saturated heterocycles. The molecule has 0 bridgehead atoms. The van der Waals surface area contributed by atoms with Crippen LogP contribution in [0, 0.1) is 0 Å². The predicted molar refractivity (Wildman–Crippen MR) is 118 cm³/mol. The van der Waals surface area contributed by atoms with Gasteiger partial charge in [-0.25, -0.2) is 4.57 Å². The van der Waals surface area contributed by atoms with E-state index >= 15 is 0 Å². The number of aliphatic hydroxyl groups is 1. The number of allylic oxidation sites excluding steroid dienone is 2. The Labute approximate surface area is 181 Å². The molecule has 0 saturated carbocycles. The molecule has 9 heteroatoms. The molecule has 0 spiro atoms. The quantitative estimate of drug-likeness (QED) is 0.102. The number of carbonyl (C=O) groups is 1. The number of aliphatic hydroxyl groups excluding tert-OH is 1. The number of nitrogens with two attached hydrogens (primary N) is 1. The van der Waals surface area contributed by atoms with E-state index in [0.29, 0.717) is 6.42 Å². The number of unbranched alkanes of at least 4 members (excludes halogenated alkanes) is 9. The SMILES string of the molecule is CCCCCC/C=C\CCCCCCCC(=O)OC[C@@H](O)COP(=O)(O)OCCN. The molecule has 0 aromatic heterocycles. The normalized spacial score (nSPS) is 14.7. The second-order valence-corrected chi connectivity index (χ2v) is 8.80. The van der Waals surface area contributed by atoms with Crippen LogP contribution in [-0.2, 0) is 23.1 Å². The summed E-state index contributed by atoms with van der Waals surface area (Å²) >= 11 is 0. The van der Waals surface area contributed by atoms with Crippen LogP contribution < -0.4 is 5.73 Å². The second-order valence-electron chi connectivity index (χ2n) is 7.35. The molecule has 2 atom stereocenters. The van der Waals surface area contributed by atoms with Gasteiger partial charge in [0.15, 0.2) is 0 Å². The summed E-state index contributed by atoms with van der Waals surface area (Å²) in [5.41, 5.74) is 5.16. The van der Waals surface area contributed by atoms with Crippen molar-refractivity contribution >= 4 is 13.8 Å². The van der Waals surface area contributed by atoms with E-state index in [2.05, 4.69) is 28.1 Å². The third-order valence-corrected chi connectivity index (χ3v) is 5.37. The Bertz CT molecular complexity index is 488. The van der Waals surface area contributed by atoms with Crippen molar-refractivity contribution in [1.29, 1.82) is 0 Å². The number of hydrogen-bond donors (Lipinski definition) is 3. The molecule has 0 amide bonds. The van der Waals surface area contributed by atoms with Gasteiger partial charge in [0.2, 0.25) is 0 Å². The number of hydrogen-bond acceptors (Lipinski definition) is 7. The van der Waals surface area contributed by atoms with E-state index < -0.39 is 26.5 Å². The van der Waals surface area contributed by atoms with Crippen LogP contribution in [0.25, 0.3) is 0 Å². The maximum Gasteiger partial charge on any atom is 0.472 e. The first-order chi connectivity index (χ1) is 14.4. The van der Waals surface area contributed by atoms with Crippen molar-refractivity contribution in [3.8, 4) is 0 Å². The largest absolute Gasteiger partial charge is 0.472 e. The van der Waals surface area contributed by atoms with E-state index in [1.54, 1.807) is 0 Å². The zero-order valence-corrected chi connectivity index (χ0v) is 19.4. The maximum absolute atomic E-state index is 11.7. The molecule has 0 fully saturated rings. The molecule has 0 aromatic carbocycles. The summed E-state index contributed by atoms with van der Waals surface area (Å²) in [6.07, 6.45) is 16.3. The van der Waals surface area contributed by atoms with Gasteiger partial charge >= 0.3 is 13.8 Å². The molecule has 0 aromatic rings. The summed E-state index contributed by atoms with van der Waals surface area (Å²) in [6, 6.07) is 0. The molecule has 30 heavy (non-hydrogen) atoms. The average Bonchev–Trinajstić information content (AvgIpc) is 2.72. The highest BCUT2D eigenvalue weighted by Crippen LogP contribution is 2.42. The zero-order valence-electron chi connectivity index (χ0n) is 18.5. The molecule has 8 nitrogen and oxygen atoms in total. The third-order valence-electron chi connectivity index (χ3n) is 4.38.